The number of hydrogen-bond donors (Lipinski definition) is 0. The minimum atomic E-state index is -0.000889. The number of nitrogens with zero attached hydrogens (tertiary/aromatic N) is 2. The zero-order valence-corrected chi connectivity index (χ0v) is 13.4. The van der Waals surface area contributed by atoms with E-state index in [1.807, 2.05) is 45.0 Å². The fourth-order valence-electron chi connectivity index (χ4n) is 1.84. The summed E-state index contributed by atoms with van der Waals surface area (Å²) in [6, 6.07) is 7.51. The Labute approximate surface area is 130 Å². The lowest BCUT2D eigenvalue weighted by atomic mass is 10.2. The first-order chi connectivity index (χ1) is 10.6. The molecule has 0 saturated carbocycles. The highest BCUT2D eigenvalue weighted by atomic mass is 16.5. The SMILES string of the molecule is COC[C@@H](C)Oc1ccc(-c2nnc(COC(C)C)o2)cc1. The monoisotopic (exact) mass is 306 g/mol. The molecule has 0 amide bonds. The molecule has 0 unspecified atom stereocenters. The third kappa shape index (κ3) is 4.82. The summed E-state index contributed by atoms with van der Waals surface area (Å²) in [6.07, 6.45) is 0.125. The average Bonchev–Trinajstić information content (AvgIpc) is 2.95. The highest BCUT2D eigenvalue weighted by Crippen LogP contribution is 2.22. The van der Waals surface area contributed by atoms with E-state index in [2.05, 4.69) is 10.2 Å². The van der Waals surface area contributed by atoms with E-state index in [-0.39, 0.29) is 12.2 Å². The Morgan fingerprint density at radius 2 is 1.82 bits per heavy atom. The van der Waals surface area contributed by atoms with Crippen molar-refractivity contribution in [1.29, 1.82) is 0 Å². The summed E-state index contributed by atoms with van der Waals surface area (Å²) < 4.78 is 21.8. The molecule has 0 radical (unpaired) electrons. The Morgan fingerprint density at radius 1 is 1.09 bits per heavy atom. The molecule has 0 spiro atoms. The molecule has 22 heavy (non-hydrogen) atoms. The summed E-state index contributed by atoms with van der Waals surface area (Å²) in [7, 11) is 1.65. The summed E-state index contributed by atoms with van der Waals surface area (Å²) in [5.74, 6) is 1.72. The van der Waals surface area contributed by atoms with Crippen LogP contribution >= 0.6 is 0 Å². The van der Waals surface area contributed by atoms with Crippen LogP contribution in [0.15, 0.2) is 28.7 Å². The second-order valence-corrected chi connectivity index (χ2v) is 5.27. The second kappa shape index (κ2) is 7.91. The van der Waals surface area contributed by atoms with Gasteiger partial charge in [-0.05, 0) is 45.0 Å². The van der Waals surface area contributed by atoms with Crippen LogP contribution < -0.4 is 4.74 Å². The molecular weight excluding hydrogens is 284 g/mol. The topological polar surface area (TPSA) is 66.6 Å². The van der Waals surface area contributed by atoms with E-state index >= 15 is 0 Å². The molecule has 0 N–H and O–H groups in total. The molecule has 1 aromatic heterocycles. The van der Waals surface area contributed by atoms with Crippen LogP contribution in [0, 0.1) is 0 Å². The zero-order valence-electron chi connectivity index (χ0n) is 13.4. The fraction of sp³-hybridized carbons (Fsp3) is 0.500. The lowest BCUT2D eigenvalue weighted by Gasteiger charge is -2.13. The summed E-state index contributed by atoms with van der Waals surface area (Å²) in [4.78, 5) is 0. The maximum Gasteiger partial charge on any atom is 0.247 e. The average molecular weight is 306 g/mol. The highest BCUT2D eigenvalue weighted by Gasteiger charge is 2.10. The molecule has 0 aliphatic carbocycles. The normalized spacial score (nSPS) is 12.6. The second-order valence-electron chi connectivity index (χ2n) is 5.27. The van der Waals surface area contributed by atoms with Gasteiger partial charge >= 0.3 is 0 Å². The van der Waals surface area contributed by atoms with Crippen molar-refractivity contribution < 1.29 is 18.6 Å². The Balaban J connectivity index is 1.98. The van der Waals surface area contributed by atoms with E-state index in [4.69, 9.17) is 18.6 Å². The van der Waals surface area contributed by atoms with Gasteiger partial charge in [0, 0.05) is 12.7 Å². The van der Waals surface area contributed by atoms with Gasteiger partial charge < -0.3 is 18.6 Å². The van der Waals surface area contributed by atoms with Gasteiger partial charge in [0.15, 0.2) is 0 Å². The number of rotatable bonds is 8. The van der Waals surface area contributed by atoms with E-state index in [0.29, 0.717) is 25.0 Å². The van der Waals surface area contributed by atoms with Gasteiger partial charge in [0.1, 0.15) is 18.5 Å². The number of benzene rings is 1. The van der Waals surface area contributed by atoms with Crippen molar-refractivity contribution in [2.24, 2.45) is 0 Å². The first-order valence-electron chi connectivity index (χ1n) is 7.28. The molecule has 1 atom stereocenters. The van der Waals surface area contributed by atoms with Crippen LogP contribution in [-0.4, -0.2) is 36.1 Å². The van der Waals surface area contributed by atoms with Gasteiger partial charge in [0.25, 0.3) is 0 Å². The molecule has 0 bridgehead atoms. The van der Waals surface area contributed by atoms with Crippen LogP contribution in [0.1, 0.15) is 26.7 Å². The van der Waals surface area contributed by atoms with Crippen LogP contribution in [0.2, 0.25) is 0 Å². The first-order valence-corrected chi connectivity index (χ1v) is 7.28. The Bertz CT molecular complexity index is 566. The third-order valence-corrected chi connectivity index (χ3v) is 2.85. The van der Waals surface area contributed by atoms with Crippen molar-refractivity contribution in [3.05, 3.63) is 30.2 Å². The zero-order chi connectivity index (χ0) is 15.9. The Kier molecular flexibility index (Phi) is 5.91. The van der Waals surface area contributed by atoms with E-state index in [1.54, 1.807) is 7.11 Å². The van der Waals surface area contributed by atoms with Gasteiger partial charge in [-0.25, -0.2) is 0 Å². The number of ether oxygens (including phenoxy) is 3. The third-order valence-electron chi connectivity index (χ3n) is 2.85. The molecule has 2 rings (SSSR count). The van der Waals surface area contributed by atoms with E-state index in [9.17, 15) is 0 Å². The van der Waals surface area contributed by atoms with Crippen LogP contribution in [0.3, 0.4) is 0 Å². The lowest BCUT2D eigenvalue weighted by molar-refractivity contribution is 0.0519. The Morgan fingerprint density at radius 3 is 2.45 bits per heavy atom. The van der Waals surface area contributed by atoms with Crippen molar-refractivity contribution in [2.45, 2.75) is 39.6 Å². The summed E-state index contributed by atoms with van der Waals surface area (Å²) in [6.45, 7) is 6.74. The van der Waals surface area contributed by atoms with Crippen molar-refractivity contribution in [1.82, 2.24) is 10.2 Å². The van der Waals surface area contributed by atoms with Crippen LogP contribution in [0.5, 0.6) is 5.75 Å². The lowest BCUT2D eigenvalue weighted by Crippen LogP contribution is -2.17. The van der Waals surface area contributed by atoms with Crippen LogP contribution in [0.4, 0.5) is 0 Å². The number of hydrogen-bond acceptors (Lipinski definition) is 6. The molecule has 6 nitrogen and oxygen atoms in total. The minimum absolute atomic E-state index is 0.000889. The maximum atomic E-state index is 5.70. The quantitative estimate of drug-likeness (QED) is 0.746. The molecular formula is C16H22N2O4. The molecule has 6 heteroatoms. The van der Waals surface area contributed by atoms with Gasteiger partial charge in [-0.1, -0.05) is 0 Å². The van der Waals surface area contributed by atoms with E-state index < -0.39 is 0 Å². The standard InChI is InChI=1S/C16H22N2O4/c1-11(2)20-10-15-17-18-16(22-15)13-5-7-14(8-6-13)21-12(3)9-19-4/h5-8,11-12H,9-10H2,1-4H3/t12-/m1/s1. The van der Waals surface area contributed by atoms with Crippen molar-refractivity contribution >= 4 is 0 Å². The predicted octanol–water partition coefficient (Wildman–Crippen LogP) is 3.08. The maximum absolute atomic E-state index is 5.70. The van der Waals surface area contributed by atoms with Gasteiger partial charge in [0.2, 0.25) is 11.8 Å². The van der Waals surface area contributed by atoms with Crippen LogP contribution in [0.25, 0.3) is 11.5 Å². The summed E-state index contributed by atoms with van der Waals surface area (Å²) in [5, 5.41) is 8.00. The molecule has 2 aromatic rings. The largest absolute Gasteiger partial charge is 0.488 e. The molecule has 0 fully saturated rings. The Hall–Kier alpha value is -1.92. The van der Waals surface area contributed by atoms with Gasteiger partial charge in [-0.2, -0.15) is 0 Å². The van der Waals surface area contributed by atoms with Crippen molar-refractivity contribution in [3.8, 4) is 17.2 Å². The molecule has 1 heterocycles. The summed E-state index contributed by atoms with van der Waals surface area (Å²) in [5.41, 5.74) is 0.843. The molecule has 1 aromatic carbocycles. The molecule has 0 aliphatic rings. The van der Waals surface area contributed by atoms with Crippen LogP contribution in [-0.2, 0) is 16.1 Å². The van der Waals surface area contributed by atoms with Gasteiger partial charge in [-0.15, -0.1) is 10.2 Å². The van der Waals surface area contributed by atoms with E-state index in [0.717, 1.165) is 11.3 Å². The number of aromatic nitrogens is 2. The molecule has 120 valence electrons. The molecule has 0 aliphatic heterocycles. The first kappa shape index (κ1) is 16.5. The summed E-state index contributed by atoms with van der Waals surface area (Å²) >= 11 is 0. The van der Waals surface area contributed by atoms with Gasteiger partial charge in [0.05, 0.1) is 12.7 Å². The smallest absolute Gasteiger partial charge is 0.247 e. The van der Waals surface area contributed by atoms with Crippen molar-refractivity contribution in [3.63, 3.8) is 0 Å². The van der Waals surface area contributed by atoms with Gasteiger partial charge in [-0.3, -0.25) is 0 Å². The highest BCUT2D eigenvalue weighted by molar-refractivity contribution is 5.53. The fourth-order valence-corrected chi connectivity index (χ4v) is 1.84. The minimum Gasteiger partial charge on any atom is -0.488 e. The van der Waals surface area contributed by atoms with Crippen molar-refractivity contribution in [2.75, 3.05) is 13.7 Å². The number of methoxy groups -OCH3 is 1. The molecule has 0 saturated heterocycles. The predicted molar refractivity (Wildman–Crippen MR) is 81.6 cm³/mol. The van der Waals surface area contributed by atoms with E-state index in [1.165, 1.54) is 0 Å².